The minimum Gasteiger partial charge on any atom is -0.480 e. The highest BCUT2D eigenvalue weighted by Crippen LogP contribution is 2.18. The Bertz CT molecular complexity index is 581. The van der Waals surface area contributed by atoms with E-state index in [1.54, 1.807) is 6.92 Å². The van der Waals surface area contributed by atoms with Gasteiger partial charge in [-0.05, 0) is 36.8 Å². The van der Waals surface area contributed by atoms with Crippen molar-refractivity contribution in [2.75, 3.05) is 0 Å². The fourth-order valence-electron chi connectivity index (χ4n) is 2.41. The van der Waals surface area contributed by atoms with Gasteiger partial charge in [-0.15, -0.1) is 0 Å². The Morgan fingerprint density at radius 1 is 1.12 bits per heavy atom. The number of amides is 2. The molecule has 0 aliphatic rings. The first-order valence-corrected chi connectivity index (χ1v) is 8.11. The summed E-state index contributed by atoms with van der Waals surface area (Å²) in [4.78, 5) is 34.3. The zero-order valence-electron chi connectivity index (χ0n) is 14.4. The molecule has 0 heterocycles. The minimum atomic E-state index is -1.18. The van der Waals surface area contributed by atoms with Crippen LogP contribution >= 0.6 is 0 Å². The molecule has 1 aromatic carbocycles. The molecule has 0 aliphatic heterocycles. The molecule has 4 N–H and O–H groups in total. The lowest BCUT2D eigenvalue weighted by Crippen LogP contribution is -2.43. The highest BCUT2D eigenvalue weighted by atomic mass is 16.4. The number of hydrogen-bond donors (Lipinski definition) is 3. The Kier molecular flexibility index (Phi) is 7.42. The normalized spacial score (nSPS) is 13.3. The summed E-state index contributed by atoms with van der Waals surface area (Å²) in [6.45, 7) is 6.00. The van der Waals surface area contributed by atoms with Crippen LogP contribution < -0.4 is 11.1 Å². The molecule has 0 bridgehead atoms. The van der Waals surface area contributed by atoms with E-state index in [-0.39, 0.29) is 18.7 Å². The maximum atomic E-state index is 12.3. The molecule has 0 fully saturated rings. The fraction of sp³-hybridized carbons (Fsp3) is 0.500. The van der Waals surface area contributed by atoms with Crippen molar-refractivity contribution in [3.8, 4) is 0 Å². The van der Waals surface area contributed by atoms with Gasteiger partial charge in [0.25, 0.3) is 0 Å². The number of hydrogen-bond acceptors (Lipinski definition) is 3. The van der Waals surface area contributed by atoms with Crippen molar-refractivity contribution in [1.29, 1.82) is 0 Å². The summed E-state index contributed by atoms with van der Waals surface area (Å²) in [5.74, 6) is -2.08. The molecule has 1 aromatic rings. The Balaban J connectivity index is 2.71. The van der Waals surface area contributed by atoms with E-state index in [0.29, 0.717) is 5.92 Å². The smallest absolute Gasteiger partial charge is 0.326 e. The maximum absolute atomic E-state index is 12.3. The Morgan fingerprint density at radius 3 is 2.17 bits per heavy atom. The predicted molar refractivity (Wildman–Crippen MR) is 91.4 cm³/mol. The second kappa shape index (κ2) is 9.05. The number of benzene rings is 1. The van der Waals surface area contributed by atoms with Crippen LogP contribution in [0.1, 0.15) is 50.7 Å². The first kappa shape index (κ1) is 19.7. The number of carbonyl (C=O) groups is 3. The highest BCUT2D eigenvalue weighted by Gasteiger charge is 2.24. The Labute approximate surface area is 142 Å². The molecule has 24 heavy (non-hydrogen) atoms. The summed E-state index contributed by atoms with van der Waals surface area (Å²) < 4.78 is 0. The summed E-state index contributed by atoms with van der Waals surface area (Å²) in [6, 6.07) is 6.64. The lowest BCUT2D eigenvalue weighted by Gasteiger charge is -2.18. The van der Waals surface area contributed by atoms with Crippen LogP contribution in [0.15, 0.2) is 24.3 Å². The lowest BCUT2D eigenvalue weighted by atomic mass is 9.96. The van der Waals surface area contributed by atoms with Crippen LogP contribution in [0.3, 0.4) is 0 Å². The number of aliphatic carboxylic acids is 1. The van der Waals surface area contributed by atoms with Crippen molar-refractivity contribution >= 4 is 17.8 Å². The van der Waals surface area contributed by atoms with Gasteiger partial charge in [0.05, 0.1) is 5.92 Å². The molecule has 6 nitrogen and oxygen atoms in total. The SMILES string of the molecule is CC(C)Cc1ccc(C(C)C(=O)N[C@@H](CCC(N)=O)C(=O)O)cc1. The third kappa shape index (κ3) is 6.40. The van der Waals surface area contributed by atoms with E-state index < -0.39 is 23.8 Å². The first-order chi connectivity index (χ1) is 11.2. The van der Waals surface area contributed by atoms with E-state index in [1.165, 1.54) is 5.56 Å². The lowest BCUT2D eigenvalue weighted by molar-refractivity contribution is -0.142. The molecule has 2 atom stereocenters. The van der Waals surface area contributed by atoms with Gasteiger partial charge in [0.1, 0.15) is 6.04 Å². The number of nitrogens with one attached hydrogen (secondary N) is 1. The molecule has 1 unspecified atom stereocenters. The van der Waals surface area contributed by atoms with Gasteiger partial charge in [-0.1, -0.05) is 38.1 Å². The van der Waals surface area contributed by atoms with Crippen LogP contribution in [-0.2, 0) is 20.8 Å². The second-order valence-electron chi connectivity index (χ2n) is 6.47. The summed E-state index contributed by atoms with van der Waals surface area (Å²) in [5.41, 5.74) is 7.05. The van der Waals surface area contributed by atoms with Crippen molar-refractivity contribution in [3.05, 3.63) is 35.4 Å². The zero-order valence-corrected chi connectivity index (χ0v) is 14.4. The van der Waals surface area contributed by atoms with E-state index in [0.717, 1.165) is 12.0 Å². The van der Waals surface area contributed by atoms with Gasteiger partial charge in [-0.2, -0.15) is 0 Å². The molecule has 2 amide bonds. The van der Waals surface area contributed by atoms with Gasteiger partial charge in [0.2, 0.25) is 11.8 Å². The van der Waals surface area contributed by atoms with E-state index in [4.69, 9.17) is 10.8 Å². The van der Waals surface area contributed by atoms with Crippen LogP contribution in [0.2, 0.25) is 0 Å². The van der Waals surface area contributed by atoms with E-state index in [2.05, 4.69) is 19.2 Å². The molecule has 1 rings (SSSR count). The average molecular weight is 334 g/mol. The molecule has 0 aromatic heterocycles. The molecule has 0 spiro atoms. The van der Waals surface area contributed by atoms with Gasteiger partial charge in [0.15, 0.2) is 0 Å². The second-order valence-corrected chi connectivity index (χ2v) is 6.47. The zero-order chi connectivity index (χ0) is 18.3. The predicted octanol–water partition coefficient (Wildman–Crippen LogP) is 1.82. The van der Waals surface area contributed by atoms with Gasteiger partial charge in [-0.3, -0.25) is 9.59 Å². The standard InChI is InChI=1S/C18H26N2O4/c1-11(2)10-13-4-6-14(7-5-13)12(3)17(22)20-15(18(23)24)8-9-16(19)21/h4-7,11-12,15H,8-10H2,1-3H3,(H2,19,21)(H,20,22)(H,23,24)/t12?,15-/m0/s1. The monoisotopic (exact) mass is 334 g/mol. The fourth-order valence-corrected chi connectivity index (χ4v) is 2.41. The number of carboxylic acid groups (broad SMARTS) is 1. The molecule has 0 saturated carbocycles. The minimum absolute atomic E-state index is 0.0174. The quantitative estimate of drug-likeness (QED) is 0.640. The van der Waals surface area contributed by atoms with E-state index >= 15 is 0 Å². The average Bonchev–Trinajstić information content (AvgIpc) is 2.50. The van der Waals surface area contributed by atoms with Crippen molar-refractivity contribution in [2.45, 2.75) is 52.0 Å². The van der Waals surface area contributed by atoms with E-state index in [9.17, 15) is 14.4 Å². The number of carboxylic acids is 1. The summed E-state index contributed by atoms with van der Waals surface area (Å²) in [6.07, 6.45) is 0.862. The van der Waals surface area contributed by atoms with Gasteiger partial charge < -0.3 is 16.2 Å². The highest BCUT2D eigenvalue weighted by molar-refractivity contribution is 5.88. The first-order valence-electron chi connectivity index (χ1n) is 8.11. The van der Waals surface area contributed by atoms with Crippen molar-refractivity contribution < 1.29 is 19.5 Å². The van der Waals surface area contributed by atoms with Gasteiger partial charge in [-0.25, -0.2) is 4.79 Å². The van der Waals surface area contributed by atoms with Crippen molar-refractivity contribution in [3.63, 3.8) is 0 Å². The van der Waals surface area contributed by atoms with Crippen LogP contribution in [0, 0.1) is 5.92 Å². The molecule has 0 aliphatic carbocycles. The van der Waals surface area contributed by atoms with Crippen molar-refractivity contribution in [2.24, 2.45) is 11.7 Å². The molecule has 132 valence electrons. The van der Waals surface area contributed by atoms with Crippen LogP contribution in [0.5, 0.6) is 0 Å². The number of nitrogens with two attached hydrogens (primary N) is 1. The van der Waals surface area contributed by atoms with Gasteiger partial charge >= 0.3 is 5.97 Å². The third-order valence-electron chi connectivity index (χ3n) is 3.81. The third-order valence-corrected chi connectivity index (χ3v) is 3.81. The van der Waals surface area contributed by atoms with Crippen LogP contribution in [-0.4, -0.2) is 28.9 Å². The van der Waals surface area contributed by atoms with E-state index in [1.807, 2.05) is 24.3 Å². The van der Waals surface area contributed by atoms with Crippen LogP contribution in [0.4, 0.5) is 0 Å². The summed E-state index contributed by atoms with van der Waals surface area (Å²) >= 11 is 0. The largest absolute Gasteiger partial charge is 0.480 e. The number of primary amides is 1. The molecular weight excluding hydrogens is 308 g/mol. The Morgan fingerprint density at radius 2 is 1.71 bits per heavy atom. The number of rotatable bonds is 9. The molecule has 0 saturated heterocycles. The van der Waals surface area contributed by atoms with Gasteiger partial charge in [0, 0.05) is 6.42 Å². The summed E-state index contributed by atoms with van der Waals surface area (Å²) in [7, 11) is 0. The number of carbonyl (C=O) groups excluding carboxylic acids is 2. The summed E-state index contributed by atoms with van der Waals surface area (Å²) in [5, 5.41) is 11.6. The molecule has 0 radical (unpaired) electrons. The molecule has 6 heteroatoms. The Hall–Kier alpha value is -2.37. The van der Waals surface area contributed by atoms with Crippen molar-refractivity contribution in [1.82, 2.24) is 5.32 Å². The van der Waals surface area contributed by atoms with Crippen LogP contribution in [0.25, 0.3) is 0 Å². The maximum Gasteiger partial charge on any atom is 0.326 e. The topological polar surface area (TPSA) is 109 Å². The molecular formula is C18H26N2O4.